The first-order chi connectivity index (χ1) is 28.7. The van der Waals surface area contributed by atoms with E-state index in [0.29, 0.717) is 30.1 Å². The number of thiol groups is 1. The molecule has 3 rings (SSSR count). The van der Waals surface area contributed by atoms with Gasteiger partial charge in [0, 0.05) is 82.7 Å². The average molecular weight is 888 g/mol. The molecule has 1 fully saturated rings. The number of benzene rings is 1. The second-order valence-electron chi connectivity index (χ2n) is 16.7. The number of ether oxygens (including phenoxy) is 1. The number of amides is 6. The molecule has 0 aliphatic carbocycles. The van der Waals surface area contributed by atoms with E-state index in [9.17, 15) is 38.7 Å². The summed E-state index contributed by atoms with van der Waals surface area (Å²) in [5.41, 5.74) is 0.874. The third-order valence-corrected chi connectivity index (χ3v) is 12.1. The number of anilines is 1. The van der Waals surface area contributed by atoms with Gasteiger partial charge in [-0.3, -0.25) is 38.5 Å². The number of likely N-dealkylation sites (N-methyl/N-ethyl adjacent to an activating group) is 1. The van der Waals surface area contributed by atoms with Crippen molar-refractivity contribution in [2.75, 3.05) is 46.1 Å². The number of carbonyl (C=O) groups is 7. The molecule has 1 saturated heterocycles. The fourth-order valence-electron chi connectivity index (χ4n) is 6.98. The van der Waals surface area contributed by atoms with E-state index in [0.717, 1.165) is 11.3 Å². The zero-order valence-electron chi connectivity index (χ0n) is 37.0. The number of aromatic nitrogens is 1. The molecule has 18 heteroatoms. The number of hydrogen-bond donors (Lipinski definition) is 5. The molecular weight excluding hydrogens is 823 g/mol. The van der Waals surface area contributed by atoms with Crippen LogP contribution in [0, 0.1) is 17.8 Å². The smallest absolute Gasteiger partial charge is 0.303 e. The van der Waals surface area contributed by atoms with E-state index in [1.165, 1.54) is 24.3 Å². The van der Waals surface area contributed by atoms with Crippen LogP contribution in [-0.2, 0) is 39.9 Å². The molecule has 6 amide bonds. The molecule has 61 heavy (non-hydrogen) atoms. The van der Waals surface area contributed by atoms with Gasteiger partial charge in [-0.25, -0.2) is 4.98 Å². The van der Waals surface area contributed by atoms with Gasteiger partial charge in [0.25, 0.3) is 5.91 Å². The predicted molar refractivity (Wildman–Crippen MR) is 237 cm³/mol. The lowest BCUT2D eigenvalue weighted by molar-refractivity contribution is -0.148. The summed E-state index contributed by atoms with van der Waals surface area (Å²) in [5, 5.41) is 20.6. The third kappa shape index (κ3) is 16.0. The number of rotatable bonds is 24. The number of esters is 1. The molecule has 338 valence electrons. The molecule has 1 aliphatic heterocycles. The number of aromatic hydroxyl groups is 1. The van der Waals surface area contributed by atoms with Gasteiger partial charge in [-0.2, -0.15) is 12.6 Å². The van der Waals surface area contributed by atoms with Crippen molar-refractivity contribution in [2.24, 2.45) is 17.8 Å². The topological polar surface area (TPSA) is 208 Å². The highest BCUT2D eigenvalue weighted by Crippen LogP contribution is 2.31. The van der Waals surface area contributed by atoms with Crippen molar-refractivity contribution >= 4 is 71.1 Å². The standard InChI is InChI=1S/C43H65N7O9S2/c1-10-26(4)18-38(54)49(9)33(25(2)3)22-35(59-28(6)51)42-47-32(24-61-42)41(57)45-30(19-27(5)40(56)44-15-17-48(7)8)20-29-13-14-34(52)31(21-29)46-37(53)12-11-16-50-39(55)23-36(60)43(50)58/h13-14,21,24-27,30,33,35-36,52,60H,10-12,15-20,22-23H2,1-9H3,(H,44,56)(H,45,57)(H,46,53)/t26-,27?,30+,33?,35+,36?/m0/s1. The molecule has 0 bridgehead atoms. The summed E-state index contributed by atoms with van der Waals surface area (Å²) >= 11 is 5.30. The lowest BCUT2D eigenvalue weighted by Gasteiger charge is -2.34. The predicted octanol–water partition coefficient (Wildman–Crippen LogP) is 4.58. The highest BCUT2D eigenvalue weighted by Gasteiger charge is 2.36. The summed E-state index contributed by atoms with van der Waals surface area (Å²) in [6.07, 6.45) is 1.43. The number of nitrogens with zero attached hydrogens (tertiary/aromatic N) is 4. The molecule has 6 atom stereocenters. The summed E-state index contributed by atoms with van der Waals surface area (Å²) in [6.45, 7) is 12.3. The molecule has 16 nitrogen and oxygen atoms in total. The molecule has 0 radical (unpaired) electrons. The molecular formula is C43H65N7O9S2. The zero-order chi connectivity index (χ0) is 45.6. The van der Waals surface area contributed by atoms with Crippen LogP contribution in [0.25, 0.3) is 0 Å². The number of phenolic OH excluding ortho intramolecular Hbond substituents is 1. The van der Waals surface area contributed by atoms with Crippen LogP contribution < -0.4 is 16.0 Å². The normalized spacial score (nSPS) is 16.5. The summed E-state index contributed by atoms with van der Waals surface area (Å²) in [6, 6.07) is 3.80. The van der Waals surface area contributed by atoms with E-state index in [4.69, 9.17) is 4.74 Å². The van der Waals surface area contributed by atoms with Gasteiger partial charge in [-0.05, 0) is 62.9 Å². The first kappa shape index (κ1) is 50.8. The van der Waals surface area contributed by atoms with E-state index >= 15 is 0 Å². The molecule has 0 spiro atoms. The molecule has 0 saturated carbocycles. The third-order valence-electron chi connectivity index (χ3n) is 10.8. The maximum Gasteiger partial charge on any atom is 0.303 e. The van der Waals surface area contributed by atoms with E-state index < -0.39 is 41.1 Å². The molecule has 1 aromatic heterocycles. The Hall–Kier alpha value is -4.55. The van der Waals surface area contributed by atoms with Crippen LogP contribution in [0.15, 0.2) is 23.6 Å². The Kier molecular flexibility index (Phi) is 20.1. The Morgan fingerprint density at radius 2 is 1.79 bits per heavy atom. The van der Waals surface area contributed by atoms with Crippen LogP contribution in [0.5, 0.6) is 5.75 Å². The van der Waals surface area contributed by atoms with Gasteiger partial charge in [0.05, 0.1) is 10.9 Å². The van der Waals surface area contributed by atoms with Gasteiger partial charge < -0.3 is 35.6 Å². The molecule has 3 unspecified atom stereocenters. The van der Waals surface area contributed by atoms with Crippen molar-refractivity contribution in [3.05, 3.63) is 39.8 Å². The summed E-state index contributed by atoms with van der Waals surface area (Å²) in [5.74, 6) is -2.80. The number of hydrogen-bond acceptors (Lipinski definition) is 13. The van der Waals surface area contributed by atoms with Crippen molar-refractivity contribution in [1.82, 2.24) is 30.3 Å². The van der Waals surface area contributed by atoms with Crippen LogP contribution in [-0.4, -0.2) is 124 Å². The van der Waals surface area contributed by atoms with Crippen molar-refractivity contribution in [1.29, 1.82) is 0 Å². The first-order valence-corrected chi connectivity index (χ1v) is 22.4. The Morgan fingerprint density at radius 3 is 2.39 bits per heavy atom. The van der Waals surface area contributed by atoms with Gasteiger partial charge in [-0.1, -0.05) is 47.1 Å². The number of carbonyl (C=O) groups excluding carboxylic acids is 7. The van der Waals surface area contributed by atoms with Crippen molar-refractivity contribution in [2.45, 2.75) is 116 Å². The molecule has 1 aromatic carbocycles. The molecule has 4 N–H and O–H groups in total. The minimum absolute atomic E-state index is 0.00133. The number of nitrogens with one attached hydrogen (secondary N) is 3. The largest absolute Gasteiger partial charge is 0.506 e. The van der Waals surface area contributed by atoms with Crippen LogP contribution in [0.4, 0.5) is 5.69 Å². The zero-order valence-corrected chi connectivity index (χ0v) is 38.7. The highest BCUT2D eigenvalue weighted by molar-refractivity contribution is 7.81. The molecule has 1 aliphatic rings. The first-order valence-electron chi connectivity index (χ1n) is 21.0. The summed E-state index contributed by atoms with van der Waals surface area (Å²) in [7, 11) is 5.57. The number of likely N-dealkylation sites (tertiary alicyclic amines) is 1. The second kappa shape index (κ2) is 24.2. The lowest BCUT2D eigenvalue weighted by atomic mass is 9.95. The van der Waals surface area contributed by atoms with Gasteiger partial charge >= 0.3 is 5.97 Å². The van der Waals surface area contributed by atoms with E-state index in [1.807, 2.05) is 46.7 Å². The number of thiazole rings is 1. The maximum atomic E-state index is 13.9. The van der Waals surface area contributed by atoms with Crippen molar-refractivity contribution < 1.29 is 43.4 Å². The second-order valence-corrected chi connectivity index (χ2v) is 18.2. The number of phenols is 1. The van der Waals surface area contributed by atoms with Crippen LogP contribution >= 0.6 is 24.0 Å². The van der Waals surface area contributed by atoms with Crippen LogP contribution in [0.3, 0.4) is 0 Å². The Balaban J connectivity index is 1.81. The van der Waals surface area contributed by atoms with Crippen LogP contribution in [0.1, 0.15) is 114 Å². The van der Waals surface area contributed by atoms with Crippen LogP contribution in [0.2, 0.25) is 0 Å². The van der Waals surface area contributed by atoms with E-state index in [2.05, 4.69) is 33.6 Å². The van der Waals surface area contributed by atoms with Gasteiger partial charge in [0.1, 0.15) is 16.5 Å². The SMILES string of the molecule is CC[C@H](C)CC(=O)N(C)C(C[C@@H](OC(C)=O)c1nc(C(=O)N[C@@H](Cc2ccc(O)c(NC(=O)CCCN3C(=O)CC(S)C3=O)c2)CC(C)C(=O)NCCN(C)C)cs1)C(C)C. The quantitative estimate of drug-likeness (QED) is 0.0427. The summed E-state index contributed by atoms with van der Waals surface area (Å²) in [4.78, 5) is 99.1. The number of imide groups is 1. The minimum atomic E-state index is -0.812. The van der Waals surface area contributed by atoms with Gasteiger partial charge in [0.15, 0.2) is 6.10 Å². The van der Waals surface area contributed by atoms with Gasteiger partial charge in [0.2, 0.25) is 29.5 Å². The maximum absolute atomic E-state index is 13.9. The van der Waals surface area contributed by atoms with Gasteiger partial charge in [-0.15, -0.1) is 11.3 Å². The van der Waals surface area contributed by atoms with Crippen molar-refractivity contribution in [3.63, 3.8) is 0 Å². The minimum Gasteiger partial charge on any atom is -0.506 e. The average Bonchev–Trinajstić information content (AvgIpc) is 3.77. The fourth-order valence-corrected chi connectivity index (χ4v) is 8.11. The Bertz CT molecular complexity index is 1860. The lowest BCUT2D eigenvalue weighted by Crippen LogP contribution is -2.42. The van der Waals surface area contributed by atoms with E-state index in [1.54, 1.807) is 36.4 Å². The van der Waals surface area contributed by atoms with Crippen molar-refractivity contribution in [3.8, 4) is 5.75 Å². The molecule has 2 heterocycles. The monoisotopic (exact) mass is 887 g/mol. The summed E-state index contributed by atoms with van der Waals surface area (Å²) < 4.78 is 5.74. The Labute approximate surface area is 369 Å². The fraction of sp³-hybridized carbons (Fsp3) is 0.628. The van der Waals surface area contributed by atoms with E-state index in [-0.39, 0.29) is 104 Å². The highest BCUT2D eigenvalue weighted by atomic mass is 32.1. The molecule has 2 aromatic rings. The Morgan fingerprint density at radius 1 is 1.08 bits per heavy atom.